The third kappa shape index (κ3) is 5.02. The van der Waals surface area contributed by atoms with Crippen molar-refractivity contribution >= 4 is 35.0 Å². The molecule has 0 aliphatic rings. The second-order valence-corrected chi connectivity index (χ2v) is 7.35. The van der Waals surface area contributed by atoms with Gasteiger partial charge in [0.25, 0.3) is 0 Å². The molecule has 1 N–H and O–H groups in total. The summed E-state index contributed by atoms with van der Waals surface area (Å²) in [5.41, 5.74) is 1.08. The summed E-state index contributed by atoms with van der Waals surface area (Å²) < 4.78 is 21.1. The first-order valence-corrected chi connectivity index (χ1v) is 9.75. The summed E-state index contributed by atoms with van der Waals surface area (Å²) in [6.07, 6.45) is 0. The molecule has 0 radical (unpaired) electrons. The predicted molar refractivity (Wildman–Crippen MR) is 107 cm³/mol. The molecular weight excluding hydrogens is 403 g/mol. The maximum absolute atomic E-state index is 13.6. The van der Waals surface area contributed by atoms with E-state index in [9.17, 15) is 9.18 Å². The number of halogens is 2. The van der Waals surface area contributed by atoms with E-state index in [-0.39, 0.29) is 24.0 Å². The van der Waals surface area contributed by atoms with E-state index in [0.29, 0.717) is 21.8 Å². The Labute approximate surface area is 171 Å². The molecule has 3 aromatic rings. The molecule has 0 bridgehead atoms. The molecule has 0 atom stereocenters. The third-order valence-electron chi connectivity index (χ3n) is 3.90. The molecule has 0 aliphatic carbocycles. The number of hydrogen-bond donors (Lipinski definition) is 1. The molecule has 2 aromatic carbocycles. The second-order valence-electron chi connectivity index (χ2n) is 5.97. The van der Waals surface area contributed by atoms with E-state index in [0.717, 1.165) is 5.56 Å². The number of benzene rings is 2. The standard InChI is InChI=1S/C19H18ClFN4O2S/c1-12-9-13(20)7-8-16(12)27-10-17-23-24-19(25(17)2)28-11-18(26)22-15-6-4-3-5-14(15)21/h3-9H,10-11H2,1-2H3,(H,22,26). The summed E-state index contributed by atoms with van der Waals surface area (Å²) in [5, 5.41) is 11.9. The summed E-state index contributed by atoms with van der Waals surface area (Å²) in [6.45, 7) is 2.14. The molecule has 1 heterocycles. The Morgan fingerprint density at radius 2 is 2.07 bits per heavy atom. The van der Waals surface area contributed by atoms with Crippen molar-refractivity contribution < 1.29 is 13.9 Å². The predicted octanol–water partition coefficient (Wildman–Crippen LogP) is 4.23. The van der Waals surface area contributed by atoms with Gasteiger partial charge in [-0.25, -0.2) is 4.39 Å². The number of carbonyl (C=O) groups is 1. The fraction of sp³-hybridized carbons (Fsp3) is 0.211. The van der Waals surface area contributed by atoms with E-state index in [4.69, 9.17) is 16.3 Å². The van der Waals surface area contributed by atoms with Gasteiger partial charge in [-0.1, -0.05) is 35.5 Å². The number of ether oxygens (including phenoxy) is 1. The van der Waals surface area contributed by atoms with Crippen LogP contribution in [-0.2, 0) is 18.4 Å². The van der Waals surface area contributed by atoms with E-state index in [2.05, 4.69) is 15.5 Å². The van der Waals surface area contributed by atoms with Crippen molar-refractivity contribution in [3.05, 3.63) is 64.7 Å². The van der Waals surface area contributed by atoms with Crippen LogP contribution in [0.1, 0.15) is 11.4 Å². The van der Waals surface area contributed by atoms with Gasteiger partial charge in [0.15, 0.2) is 11.0 Å². The Kier molecular flexibility index (Phi) is 6.53. The fourth-order valence-corrected chi connectivity index (χ4v) is 3.35. The Morgan fingerprint density at radius 1 is 1.29 bits per heavy atom. The molecule has 0 aliphatic heterocycles. The number of carbonyl (C=O) groups excluding carboxylic acids is 1. The average molecular weight is 421 g/mol. The summed E-state index contributed by atoms with van der Waals surface area (Å²) in [5.74, 6) is 0.610. The van der Waals surface area contributed by atoms with Crippen LogP contribution in [0.25, 0.3) is 0 Å². The van der Waals surface area contributed by atoms with Crippen LogP contribution in [0, 0.1) is 12.7 Å². The van der Waals surface area contributed by atoms with Crippen molar-refractivity contribution in [3.8, 4) is 5.75 Å². The number of amides is 1. The summed E-state index contributed by atoms with van der Waals surface area (Å²) in [7, 11) is 1.80. The molecule has 6 nitrogen and oxygen atoms in total. The first-order chi connectivity index (χ1) is 13.4. The Morgan fingerprint density at radius 3 is 2.82 bits per heavy atom. The van der Waals surface area contributed by atoms with Crippen molar-refractivity contribution in [2.24, 2.45) is 7.05 Å². The minimum absolute atomic E-state index is 0.0808. The van der Waals surface area contributed by atoms with Crippen molar-refractivity contribution in [3.63, 3.8) is 0 Å². The van der Waals surface area contributed by atoms with Crippen LogP contribution < -0.4 is 10.1 Å². The van der Waals surface area contributed by atoms with Crippen LogP contribution in [0.5, 0.6) is 5.75 Å². The van der Waals surface area contributed by atoms with Gasteiger partial charge in [0.05, 0.1) is 11.4 Å². The number of rotatable bonds is 7. The van der Waals surface area contributed by atoms with E-state index >= 15 is 0 Å². The van der Waals surface area contributed by atoms with Crippen molar-refractivity contribution in [1.29, 1.82) is 0 Å². The molecule has 28 heavy (non-hydrogen) atoms. The van der Waals surface area contributed by atoms with Gasteiger partial charge in [0, 0.05) is 12.1 Å². The zero-order valence-corrected chi connectivity index (χ0v) is 16.9. The number of hydrogen-bond acceptors (Lipinski definition) is 5. The minimum atomic E-state index is -0.476. The first kappa shape index (κ1) is 20.2. The van der Waals surface area contributed by atoms with Crippen LogP contribution in [0.2, 0.25) is 5.02 Å². The lowest BCUT2D eigenvalue weighted by Crippen LogP contribution is -2.15. The number of thioether (sulfide) groups is 1. The number of para-hydroxylation sites is 1. The van der Waals surface area contributed by atoms with Crippen LogP contribution in [0.4, 0.5) is 10.1 Å². The highest BCUT2D eigenvalue weighted by Crippen LogP contribution is 2.23. The van der Waals surface area contributed by atoms with Gasteiger partial charge in [-0.3, -0.25) is 4.79 Å². The van der Waals surface area contributed by atoms with Gasteiger partial charge in [-0.2, -0.15) is 0 Å². The Bertz CT molecular complexity index is 996. The summed E-state index contributed by atoms with van der Waals surface area (Å²) >= 11 is 7.15. The highest BCUT2D eigenvalue weighted by Gasteiger charge is 2.13. The smallest absolute Gasteiger partial charge is 0.234 e. The maximum atomic E-state index is 13.6. The Balaban J connectivity index is 1.55. The maximum Gasteiger partial charge on any atom is 0.234 e. The Hall–Kier alpha value is -2.58. The van der Waals surface area contributed by atoms with Gasteiger partial charge < -0.3 is 14.6 Å². The number of nitrogens with zero attached hydrogens (tertiary/aromatic N) is 3. The molecule has 3 rings (SSSR count). The monoisotopic (exact) mass is 420 g/mol. The van der Waals surface area contributed by atoms with E-state index < -0.39 is 5.82 Å². The molecular formula is C19H18ClFN4O2S. The summed E-state index contributed by atoms with van der Waals surface area (Å²) in [6, 6.07) is 11.4. The zero-order valence-electron chi connectivity index (χ0n) is 15.3. The van der Waals surface area contributed by atoms with E-state index in [1.807, 2.05) is 13.0 Å². The molecule has 146 valence electrons. The van der Waals surface area contributed by atoms with E-state index in [1.54, 1.807) is 35.9 Å². The second kappa shape index (κ2) is 9.07. The van der Waals surface area contributed by atoms with Gasteiger partial charge in [-0.15, -0.1) is 10.2 Å². The van der Waals surface area contributed by atoms with E-state index in [1.165, 1.54) is 23.9 Å². The number of aromatic nitrogens is 3. The molecule has 0 spiro atoms. The van der Waals surface area contributed by atoms with Crippen molar-refractivity contribution in [2.75, 3.05) is 11.1 Å². The number of anilines is 1. The molecule has 1 aromatic heterocycles. The first-order valence-electron chi connectivity index (χ1n) is 8.38. The van der Waals surface area contributed by atoms with Crippen LogP contribution in [0.15, 0.2) is 47.6 Å². The van der Waals surface area contributed by atoms with Crippen LogP contribution in [-0.4, -0.2) is 26.4 Å². The highest BCUT2D eigenvalue weighted by molar-refractivity contribution is 7.99. The van der Waals surface area contributed by atoms with Gasteiger partial charge in [0.2, 0.25) is 5.91 Å². The summed E-state index contributed by atoms with van der Waals surface area (Å²) in [4.78, 5) is 12.0. The lowest BCUT2D eigenvalue weighted by atomic mass is 10.2. The SMILES string of the molecule is Cc1cc(Cl)ccc1OCc1nnc(SCC(=O)Nc2ccccc2F)n1C. The molecule has 1 amide bonds. The lowest BCUT2D eigenvalue weighted by molar-refractivity contribution is -0.113. The van der Waals surface area contributed by atoms with Gasteiger partial charge >= 0.3 is 0 Å². The average Bonchev–Trinajstić information content (AvgIpc) is 3.01. The highest BCUT2D eigenvalue weighted by atomic mass is 35.5. The number of aryl methyl sites for hydroxylation is 1. The lowest BCUT2D eigenvalue weighted by Gasteiger charge is -2.09. The largest absolute Gasteiger partial charge is 0.485 e. The quantitative estimate of drug-likeness (QED) is 0.579. The zero-order chi connectivity index (χ0) is 20.1. The molecule has 0 fully saturated rings. The third-order valence-corrected chi connectivity index (χ3v) is 5.15. The topological polar surface area (TPSA) is 69.0 Å². The fourth-order valence-electron chi connectivity index (χ4n) is 2.39. The molecule has 9 heteroatoms. The van der Waals surface area contributed by atoms with Gasteiger partial charge in [-0.05, 0) is 42.8 Å². The van der Waals surface area contributed by atoms with Crippen molar-refractivity contribution in [1.82, 2.24) is 14.8 Å². The minimum Gasteiger partial charge on any atom is -0.485 e. The van der Waals surface area contributed by atoms with Crippen LogP contribution in [0.3, 0.4) is 0 Å². The molecule has 0 unspecified atom stereocenters. The normalized spacial score (nSPS) is 10.7. The number of nitrogens with one attached hydrogen (secondary N) is 1. The van der Waals surface area contributed by atoms with Gasteiger partial charge in [0.1, 0.15) is 18.2 Å². The van der Waals surface area contributed by atoms with Crippen molar-refractivity contribution in [2.45, 2.75) is 18.7 Å². The molecule has 0 saturated heterocycles. The molecule has 0 saturated carbocycles. The van der Waals surface area contributed by atoms with Crippen LogP contribution >= 0.6 is 23.4 Å².